The monoisotopic (exact) mass is 546 g/mol. The molecule has 0 aliphatic carbocycles. The molecule has 0 aliphatic heterocycles. The molecule has 1 unspecified atom stereocenters. The Labute approximate surface area is 223 Å². The number of carboxylic acids is 1. The number of halogens is 3. The number of carboxylic acid groups (broad SMARTS) is 1. The van der Waals surface area contributed by atoms with Gasteiger partial charge in [0.2, 0.25) is 0 Å². The number of carbonyl (C=O) groups is 2. The highest BCUT2D eigenvalue weighted by Crippen LogP contribution is 2.30. The standard InChI is InChI=1S/C28H29F3N2O4S/c1-4-5-8-19(37-3)11-10-17-7-6-9-20(25(17)31)24-15-38-28(32-24)33-26(34)18-13-22(29)21(23(30)14-18)12-16(2)27(35)36/h6-7,9,12-15,19H,4-5,8,10-11H2,1-3H3,(H,35,36)(H,32,33,34)/b16-12+. The van der Waals surface area contributed by atoms with Crippen molar-refractivity contribution in [2.45, 2.75) is 52.1 Å². The Bertz CT molecular complexity index is 1320. The van der Waals surface area contributed by atoms with Gasteiger partial charge in [0.25, 0.3) is 5.91 Å². The predicted molar refractivity (Wildman–Crippen MR) is 142 cm³/mol. The third kappa shape index (κ3) is 7.29. The fourth-order valence-electron chi connectivity index (χ4n) is 3.85. The molecule has 2 N–H and O–H groups in total. The lowest BCUT2D eigenvalue weighted by Crippen LogP contribution is -2.13. The van der Waals surface area contributed by atoms with Crippen molar-refractivity contribution in [2.75, 3.05) is 12.4 Å². The first-order valence-corrected chi connectivity index (χ1v) is 13.0. The lowest BCUT2D eigenvalue weighted by atomic mass is 10.00. The number of nitrogens with one attached hydrogen (secondary N) is 1. The van der Waals surface area contributed by atoms with Gasteiger partial charge >= 0.3 is 5.97 Å². The van der Waals surface area contributed by atoms with Crippen LogP contribution in [0.25, 0.3) is 17.3 Å². The third-order valence-corrected chi connectivity index (χ3v) is 6.83. The van der Waals surface area contributed by atoms with Gasteiger partial charge in [-0.1, -0.05) is 31.9 Å². The van der Waals surface area contributed by atoms with Gasteiger partial charge in [0.15, 0.2) is 5.13 Å². The van der Waals surface area contributed by atoms with E-state index in [4.69, 9.17) is 9.84 Å². The van der Waals surface area contributed by atoms with E-state index in [0.717, 1.165) is 48.8 Å². The first-order valence-electron chi connectivity index (χ1n) is 12.1. The van der Waals surface area contributed by atoms with Gasteiger partial charge < -0.3 is 9.84 Å². The Hall–Kier alpha value is -3.50. The van der Waals surface area contributed by atoms with Crippen LogP contribution >= 0.6 is 11.3 Å². The molecule has 0 bridgehead atoms. The zero-order valence-corrected chi connectivity index (χ0v) is 22.1. The Kier molecular flexibility index (Phi) is 10.2. The van der Waals surface area contributed by atoms with Crippen LogP contribution in [0.1, 0.15) is 61.0 Å². The molecular formula is C28H29F3N2O4S. The van der Waals surface area contributed by atoms with E-state index in [-0.39, 0.29) is 27.9 Å². The zero-order chi connectivity index (χ0) is 27.8. The highest BCUT2D eigenvalue weighted by atomic mass is 32.1. The van der Waals surface area contributed by atoms with Crippen LogP contribution in [0.3, 0.4) is 0 Å². The van der Waals surface area contributed by atoms with Gasteiger partial charge in [0.05, 0.1) is 11.8 Å². The summed E-state index contributed by atoms with van der Waals surface area (Å²) in [6.07, 6.45) is 5.12. The molecule has 3 rings (SSSR count). The smallest absolute Gasteiger partial charge is 0.331 e. The highest BCUT2D eigenvalue weighted by molar-refractivity contribution is 7.14. The van der Waals surface area contributed by atoms with Gasteiger partial charge in [-0.3, -0.25) is 10.1 Å². The largest absolute Gasteiger partial charge is 0.478 e. The van der Waals surface area contributed by atoms with E-state index >= 15 is 4.39 Å². The fourth-order valence-corrected chi connectivity index (χ4v) is 4.56. The number of nitrogens with zero attached hydrogens (tertiary/aromatic N) is 1. The zero-order valence-electron chi connectivity index (χ0n) is 21.3. The van der Waals surface area contributed by atoms with E-state index < -0.39 is 34.9 Å². The summed E-state index contributed by atoms with van der Waals surface area (Å²) in [5, 5.41) is 13.1. The first kappa shape index (κ1) is 29.1. The quantitative estimate of drug-likeness (QED) is 0.237. The number of thiazole rings is 1. The SMILES string of the molecule is CCCCC(CCc1cccc(-c2csc(NC(=O)c3cc(F)c(/C=C(\C)C(=O)O)c(F)c3)n2)c1F)OC. The van der Waals surface area contributed by atoms with Crippen LogP contribution in [0.4, 0.5) is 18.3 Å². The van der Waals surface area contributed by atoms with Crippen LogP contribution in [0.5, 0.6) is 0 Å². The molecule has 202 valence electrons. The number of benzene rings is 2. The minimum Gasteiger partial charge on any atom is -0.478 e. The molecule has 1 aromatic heterocycles. The average Bonchev–Trinajstić information content (AvgIpc) is 3.34. The van der Waals surface area contributed by atoms with Gasteiger partial charge in [-0.25, -0.2) is 22.9 Å². The van der Waals surface area contributed by atoms with E-state index in [2.05, 4.69) is 17.2 Å². The number of methoxy groups -OCH3 is 1. The van der Waals surface area contributed by atoms with Crippen molar-refractivity contribution in [3.63, 3.8) is 0 Å². The van der Waals surface area contributed by atoms with E-state index in [1.807, 2.05) is 0 Å². The van der Waals surface area contributed by atoms with Crippen LogP contribution in [0.15, 0.2) is 41.3 Å². The number of aliphatic carboxylic acids is 1. The summed E-state index contributed by atoms with van der Waals surface area (Å²) in [7, 11) is 1.66. The number of carbonyl (C=O) groups excluding carboxylic acids is 1. The van der Waals surface area contributed by atoms with Gasteiger partial charge in [0.1, 0.15) is 17.5 Å². The van der Waals surface area contributed by atoms with Crippen molar-refractivity contribution in [3.8, 4) is 11.3 Å². The minimum atomic E-state index is -1.32. The molecule has 38 heavy (non-hydrogen) atoms. The molecule has 1 atom stereocenters. The molecule has 10 heteroatoms. The summed E-state index contributed by atoms with van der Waals surface area (Å²) in [5.74, 6) is -4.70. The van der Waals surface area contributed by atoms with Gasteiger partial charge in [-0.05, 0) is 56.0 Å². The number of aryl methyl sites for hydroxylation is 1. The molecule has 0 saturated carbocycles. The Morgan fingerprint density at radius 3 is 2.53 bits per heavy atom. The number of aromatic nitrogens is 1. The second-order valence-corrected chi connectivity index (χ2v) is 9.65. The summed E-state index contributed by atoms with van der Waals surface area (Å²) in [4.78, 5) is 27.8. The lowest BCUT2D eigenvalue weighted by molar-refractivity contribution is -0.132. The third-order valence-electron chi connectivity index (χ3n) is 6.07. The predicted octanol–water partition coefficient (Wildman–Crippen LogP) is 7.11. The number of amides is 1. The first-order chi connectivity index (χ1) is 18.1. The molecule has 2 aromatic carbocycles. The molecule has 0 aliphatic rings. The highest BCUT2D eigenvalue weighted by Gasteiger charge is 2.18. The molecule has 0 saturated heterocycles. The van der Waals surface area contributed by atoms with Crippen molar-refractivity contribution >= 4 is 34.4 Å². The molecule has 0 fully saturated rings. The summed E-state index contributed by atoms with van der Waals surface area (Å²) >= 11 is 1.04. The summed E-state index contributed by atoms with van der Waals surface area (Å²) in [6.45, 7) is 3.31. The van der Waals surface area contributed by atoms with E-state index in [0.29, 0.717) is 24.1 Å². The van der Waals surface area contributed by atoms with Crippen molar-refractivity contribution in [1.82, 2.24) is 4.98 Å². The van der Waals surface area contributed by atoms with Crippen molar-refractivity contribution in [1.29, 1.82) is 0 Å². The number of hydrogen-bond acceptors (Lipinski definition) is 5. The maximum Gasteiger partial charge on any atom is 0.331 e. The number of rotatable bonds is 12. The van der Waals surface area contributed by atoms with Crippen molar-refractivity contribution in [3.05, 3.63) is 75.4 Å². The van der Waals surface area contributed by atoms with E-state index in [1.165, 1.54) is 6.92 Å². The Morgan fingerprint density at radius 1 is 1.18 bits per heavy atom. The normalized spacial score (nSPS) is 12.4. The summed E-state index contributed by atoms with van der Waals surface area (Å²) in [5.41, 5.74) is 0.00514. The molecular weight excluding hydrogens is 517 g/mol. The van der Waals surface area contributed by atoms with Gasteiger partial charge in [-0.2, -0.15) is 0 Å². The summed E-state index contributed by atoms with van der Waals surface area (Å²) in [6, 6.07) is 6.68. The number of unbranched alkanes of at least 4 members (excludes halogenated alkanes) is 1. The topological polar surface area (TPSA) is 88.5 Å². The van der Waals surface area contributed by atoms with Gasteiger partial charge in [0, 0.05) is 34.8 Å². The Morgan fingerprint density at radius 2 is 1.89 bits per heavy atom. The van der Waals surface area contributed by atoms with Crippen LogP contribution in [-0.4, -0.2) is 35.2 Å². The number of hydrogen-bond donors (Lipinski definition) is 2. The minimum absolute atomic E-state index is 0.0556. The van der Waals surface area contributed by atoms with Crippen LogP contribution in [0, 0.1) is 17.5 Å². The van der Waals surface area contributed by atoms with Crippen LogP contribution in [0.2, 0.25) is 0 Å². The van der Waals surface area contributed by atoms with Crippen LogP contribution < -0.4 is 5.32 Å². The fraction of sp³-hybridized carbons (Fsp3) is 0.321. The average molecular weight is 547 g/mol. The lowest BCUT2D eigenvalue weighted by Gasteiger charge is -2.15. The second-order valence-electron chi connectivity index (χ2n) is 8.80. The summed E-state index contributed by atoms with van der Waals surface area (Å²) < 4.78 is 49.6. The van der Waals surface area contributed by atoms with Crippen molar-refractivity contribution in [2.24, 2.45) is 0 Å². The van der Waals surface area contributed by atoms with Crippen molar-refractivity contribution < 1.29 is 32.6 Å². The number of anilines is 1. The maximum absolute atomic E-state index is 15.3. The Balaban J connectivity index is 1.74. The molecule has 1 amide bonds. The van der Waals surface area contributed by atoms with E-state index in [1.54, 1.807) is 30.7 Å². The number of ether oxygens (including phenoxy) is 1. The molecule has 0 spiro atoms. The molecule has 6 nitrogen and oxygen atoms in total. The molecule has 3 aromatic rings. The van der Waals surface area contributed by atoms with Gasteiger partial charge in [-0.15, -0.1) is 11.3 Å². The van der Waals surface area contributed by atoms with E-state index in [9.17, 15) is 18.4 Å². The molecule has 1 heterocycles. The maximum atomic E-state index is 15.3. The molecule has 0 radical (unpaired) electrons. The second kappa shape index (κ2) is 13.3. The van der Waals surface area contributed by atoms with Crippen LogP contribution in [-0.2, 0) is 16.0 Å².